The summed E-state index contributed by atoms with van der Waals surface area (Å²) in [5, 5.41) is 3.62. The number of hydrogen-bond acceptors (Lipinski definition) is 2. The van der Waals surface area contributed by atoms with Crippen LogP contribution < -0.4 is 5.32 Å². The highest BCUT2D eigenvalue weighted by atomic mass is 15.2. The molecule has 1 saturated carbocycles. The summed E-state index contributed by atoms with van der Waals surface area (Å²) in [5.41, 5.74) is 0. The van der Waals surface area contributed by atoms with Crippen LogP contribution in [0.15, 0.2) is 0 Å². The summed E-state index contributed by atoms with van der Waals surface area (Å²) in [4.78, 5) is 2.74. The molecule has 0 radical (unpaired) electrons. The van der Waals surface area contributed by atoms with E-state index in [2.05, 4.69) is 24.1 Å². The Balaban J connectivity index is 1.72. The molecule has 2 heteroatoms. The van der Waals surface area contributed by atoms with Crippen molar-refractivity contribution in [2.45, 2.75) is 58.0 Å². The van der Waals surface area contributed by atoms with E-state index in [9.17, 15) is 0 Å². The van der Waals surface area contributed by atoms with E-state index in [1.165, 1.54) is 51.7 Å². The topological polar surface area (TPSA) is 15.3 Å². The van der Waals surface area contributed by atoms with Crippen LogP contribution in [0.2, 0.25) is 0 Å². The Bertz CT molecular complexity index is 181. The molecule has 2 fully saturated rings. The van der Waals surface area contributed by atoms with Crippen molar-refractivity contribution in [2.75, 3.05) is 19.6 Å². The molecule has 1 aliphatic carbocycles. The minimum absolute atomic E-state index is 0.790. The van der Waals surface area contributed by atoms with Crippen molar-refractivity contribution in [3.05, 3.63) is 0 Å². The molecule has 2 rings (SSSR count). The van der Waals surface area contributed by atoms with E-state index in [-0.39, 0.29) is 0 Å². The average molecular weight is 210 g/mol. The van der Waals surface area contributed by atoms with Gasteiger partial charge in [-0.25, -0.2) is 0 Å². The van der Waals surface area contributed by atoms with Crippen LogP contribution in [0.4, 0.5) is 0 Å². The second-order valence-corrected chi connectivity index (χ2v) is 5.70. The van der Waals surface area contributed by atoms with Crippen LogP contribution in [0.1, 0.15) is 46.0 Å². The van der Waals surface area contributed by atoms with Crippen LogP contribution in [0.3, 0.4) is 0 Å². The molecule has 0 spiro atoms. The smallest absolute Gasteiger partial charge is 0.0195 e. The van der Waals surface area contributed by atoms with E-state index in [1.54, 1.807) is 0 Å². The molecule has 1 heterocycles. The van der Waals surface area contributed by atoms with Crippen molar-refractivity contribution in [2.24, 2.45) is 5.92 Å². The standard InChI is InChI=1S/C13H26N2/c1-11(2)7-9-15(13-5-6-13)10-12-4-3-8-14-12/h11-14H,3-10H2,1-2H3/t12-/m0/s1. The average Bonchev–Trinajstić information content (AvgIpc) is 2.91. The zero-order chi connectivity index (χ0) is 10.7. The first-order valence-electron chi connectivity index (χ1n) is 6.73. The van der Waals surface area contributed by atoms with Gasteiger partial charge in [0.2, 0.25) is 0 Å². The van der Waals surface area contributed by atoms with Gasteiger partial charge in [-0.2, -0.15) is 0 Å². The SMILES string of the molecule is CC(C)CCN(C[C@@H]1CCCN1)C1CC1. The summed E-state index contributed by atoms with van der Waals surface area (Å²) < 4.78 is 0. The molecule has 0 bridgehead atoms. The molecule has 1 aliphatic heterocycles. The minimum atomic E-state index is 0.790. The summed E-state index contributed by atoms with van der Waals surface area (Å²) in [6.45, 7) is 8.53. The molecule has 1 atom stereocenters. The lowest BCUT2D eigenvalue weighted by molar-refractivity contribution is 0.226. The van der Waals surface area contributed by atoms with Crippen LogP contribution in [-0.4, -0.2) is 36.6 Å². The van der Waals surface area contributed by atoms with Gasteiger partial charge in [-0.05, 0) is 51.1 Å². The third kappa shape index (κ3) is 3.76. The van der Waals surface area contributed by atoms with Crippen LogP contribution in [0, 0.1) is 5.92 Å². The molecular weight excluding hydrogens is 184 g/mol. The van der Waals surface area contributed by atoms with E-state index in [0.717, 1.165) is 18.0 Å². The monoisotopic (exact) mass is 210 g/mol. The fourth-order valence-electron chi connectivity index (χ4n) is 2.48. The number of nitrogens with zero attached hydrogens (tertiary/aromatic N) is 1. The van der Waals surface area contributed by atoms with Crippen molar-refractivity contribution >= 4 is 0 Å². The van der Waals surface area contributed by atoms with Gasteiger partial charge >= 0.3 is 0 Å². The molecule has 1 saturated heterocycles. The van der Waals surface area contributed by atoms with Crippen LogP contribution in [0.25, 0.3) is 0 Å². The van der Waals surface area contributed by atoms with E-state index in [1.807, 2.05) is 0 Å². The highest BCUT2D eigenvalue weighted by molar-refractivity contribution is 4.88. The second-order valence-electron chi connectivity index (χ2n) is 5.70. The summed E-state index contributed by atoms with van der Waals surface area (Å²) >= 11 is 0. The maximum atomic E-state index is 3.62. The second kappa shape index (κ2) is 5.31. The molecule has 88 valence electrons. The highest BCUT2D eigenvalue weighted by Crippen LogP contribution is 2.28. The van der Waals surface area contributed by atoms with Gasteiger partial charge in [0.15, 0.2) is 0 Å². The van der Waals surface area contributed by atoms with Crippen molar-refractivity contribution in [1.82, 2.24) is 10.2 Å². The number of nitrogens with one attached hydrogen (secondary N) is 1. The van der Waals surface area contributed by atoms with E-state index < -0.39 is 0 Å². The molecule has 0 amide bonds. The molecule has 0 unspecified atom stereocenters. The Morgan fingerprint density at radius 2 is 2.07 bits per heavy atom. The predicted octanol–water partition coefficient (Wildman–Crippen LogP) is 2.25. The van der Waals surface area contributed by atoms with Gasteiger partial charge in [0, 0.05) is 18.6 Å². The van der Waals surface area contributed by atoms with E-state index in [4.69, 9.17) is 0 Å². The van der Waals surface area contributed by atoms with Crippen LogP contribution >= 0.6 is 0 Å². The number of hydrogen-bond donors (Lipinski definition) is 1. The van der Waals surface area contributed by atoms with Crippen molar-refractivity contribution in [3.63, 3.8) is 0 Å². The lowest BCUT2D eigenvalue weighted by Gasteiger charge is -2.26. The Kier molecular flexibility index (Phi) is 4.04. The van der Waals surface area contributed by atoms with Crippen LogP contribution in [0.5, 0.6) is 0 Å². The Labute approximate surface area is 94.4 Å². The van der Waals surface area contributed by atoms with Gasteiger partial charge in [0.05, 0.1) is 0 Å². The van der Waals surface area contributed by atoms with Crippen molar-refractivity contribution in [1.29, 1.82) is 0 Å². The summed E-state index contributed by atoms with van der Waals surface area (Å²) in [7, 11) is 0. The van der Waals surface area contributed by atoms with Gasteiger partial charge in [0.1, 0.15) is 0 Å². The summed E-state index contributed by atoms with van der Waals surface area (Å²) in [5.74, 6) is 0.850. The highest BCUT2D eigenvalue weighted by Gasteiger charge is 2.30. The molecule has 0 aromatic heterocycles. The fraction of sp³-hybridized carbons (Fsp3) is 1.00. The minimum Gasteiger partial charge on any atom is -0.313 e. The maximum absolute atomic E-state index is 3.62. The fourth-order valence-corrected chi connectivity index (χ4v) is 2.48. The van der Waals surface area contributed by atoms with E-state index >= 15 is 0 Å². The lowest BCUT2D eigenvalue weighted by Crippen LogP contribution is -2.39. The predicted molar refractivity (Wildman–Crippen MR) is 65.1 cm³/mol. The largest absolute Gasteiger partial charge is 0.313 e. The van der Waals surface area contributed by atoms with Gasteiger partial charge in [0.25, 0.3) is 0 Å². The molecule has 1 N–H and O–H groups in total. The molecular formula is C13H26N2. The molecule has 2 nitrogen and oxygen atoms in total. The zero-order valence-corrected chi connectivity index (χ0v) is 10.3. The molecule has 0 aromatic carbocycles. The quantitative estimate of drug-likeness (QED) is 0.723. The van der Waals surface area contributed by atoms with Gasteiger partial charge in [-0.3, -0.25) is 4.90 Å². The first-order chi connectivity index (χ1) is 7.25. The summed E-state index contributed by atoms with van der Waals surface area (Å²) in [6, 6.07) is 1.73. The number of rotatable bonds is 6. The Morgan fingerprint density at radius 3 is 2.60 bits per heavy atom. The maximum Gasteiger partial charge on any atom is 0.0195 e. The third-order valence-electron chi connectivity index (χ3n) is 3.67. The molecule has 2 aliphatic rings. The van der Waals surface area contributed by atoms with Crippen molar-refractivity contribution in [3.8, 4) is 0 Å². The lowest BCUT2D eigenvalue weighted by atomic mass is 10.1. The first kappa shape index (κ1) is 11.4. The zero-order valence-electron chi connectivity index (χ0n) is 10.3. The summed E-state index contributed by atoms with van der Waals surface area (Å²) in [6.07, 6.45) is 7.04. The molecule has 15 heavy (non-hydrogen) atoms. The van der Waals surface area contributed by atoms with Crippen molar-refractivity contribution < 1.29 is 0 Å². The normalized spacial score (nSPS) is 26.8. The first-order valence-corrected chi connectivity index (χ1v) is 6.73. The van der Waals surface area contributed by atoms with Gasteiger partial charge < -0.3 is 5.32 Å². The van der Waals surface area contributed by atoms with Crippen LogP contribution in [-0.2, 0) is 0 Å². The molecule has 0 aromatic rings. The third-order valence-corrected chi connectivity index (χ3v) is 3.67. The van der Waals surface area contributed by atoms with Gasteiger partial charge in [-0.15, -0.1) is 0 Å². The Morgan fingerprint density at radius 1 is 1.27 bits per heavy atom. The van der Waals surface area contributed by atoms with Gasteiger partial charge in [-0.1, -0.05) is 13.8 Å². The Hall–Kier alpha value is -0.0800. The van der Waals surface area contributed by atoms with E-state index in [0.29, 0.717) is 0 Å².